The molecule has 0 aliphatic carbocycles. The average molecular weight is 280 g/mol. The number of carbonyl (C=O) groups excluding carboxylic acids is 2. The number of ether oxygens (including phenoxy) is 2. The maximum atomic E-state index is 11.7. The summed E-state index contributed by atoms with van der Waals surface area (Å²) >= 11 is 0. The van der Waals surface area contributed by atoms with E-state index in [2.05, 4.69) is 5.32 Å². The van der Waals surface area contributed by atoms with E-state index in [0.29, 0.717) is 13.2 Å². The topological polar surface area (TPSA) is 67.9 Å². The average Bonchev–Trinajstić information content (AvgIpc) is 2.46. The molecule has 110 valence electrons. The van der Waals surface area contributed by atoms with Crippen LogP contribution >= 0.6 is 0 Å². The van der Waals surface area contributed by atoms with Gasteiger partial charge in [-0.15, -0.1) is 0 Å². The fourth-order valence-corrected chi connectivity index (χ4v) is 1.46. The third-order valence-electron chi connectivity index (χ3n) is 2.53. The lowest BCUT2D eigenvalue weighted by atomic mass is 10.2. The smallest absolute Gasteiger partial charge is 0.410 e. The highest BCUT2D eigenvalue weighted by atomic mass is 16.6. The van der Waals surface area contributed by atoms with Gasteiger partial charge >= 0.3 is 6.09 Å². The SMILES string of the molecule is COCCNC(=O)CN(C)C(=O)OCc1ccccc1. The predicted octanol–water partition coefficient (Wildman–Crippen LogP) is 1.02. The first-order valence-corrected chi connectivity index (χ1v) is 6.31. The standard InChI is InChI=1S/C14H20N2O4/c1-16(10-13(17)15-8-9-19-2)14(18)20-11-12-6-4-3-5-7-12/h3-7H,8-11H2,1-2H3,(H,15,17). The molecule has 0 radical (unpaired) electrons. The number of nitrogens with zero attached hydrogens (tertiary/aromatic N) is 1. The van der Waals surface area contributed by atoms with E-state index in [1.165, 1.54) is 11.9 Å². The van der Waals surface area contributed by atoms with Crippen molar-refractivity contribution < 1.29 is 19.1 Å². The van der Waals surface area contributed by atoms with E-state index in [9.17, 15) is 9.59 Å². The summed E-state index contributed by atoms with van der Waals surface area (Å²) in [6.45, 7) is 1.00. The number of amides is 2. The molecule has 1 aromatic rings. The van der Waals surface area contributed by atoms with Crippen LogP contribution < -0.4 is 5.32 Å². The van der Waals surface area contributed by atoms with Crippen LogP contribution in [0.1, 0.15) is 5.56 Å². The number of methoxy groups -OCH3 is 1. The zero-order valence-corrected chi connectivity index (χ0v) is 11.8. The van der Waals surface area contributed by atoms with Gasteiger partial charge in [-0.25, -0.2) is 4.79 Å². The normalized spacial score (nSPS) is 9.90. The molecule has 6 heteroatoms. The third-order valence-corrected chi connectivity index (χ3v) is 2.53. The number of hydrogen-bond acceptors (Lipinski definition) is 4. The summed E-state index contributed by atoms with van der Waals surface area (Å²) < 4.78 is 9.91. The molecule has 0 saturated heterocycles. The van der Waals surface area contributed by atoms with Gasteiger partial charge in [0.05, 0.1) is 6.61 Å². The number of likely N-dealkylation sites (N-methyl/N-ethyl adjacent to an activating group) is 1. The van der Waals surface area contributed by atoms with Gasteiger partial charge in [0.25, 0.3) is 0 Å². The lowest BCUT2D eigenvalue weighted by Gasteiger charge is -2.16. The lowest BCUT2D eigenvalue weighted by Crippen LogP contribution is -2.39. The summed E-state index contributed by atoms with van der Waals surface area (Å²) in [5.41, 5.74) is 0.902. The molecular weight excluding hydrogens is 260 g/mol. The summed E-state index contributed by atoms with van der Waals surface area (Å²) in [5.74, 6) is -0.249. The van der Waals surface area contributed by atoms with Crippen molar-refractivity contribution in [1.82, 2.24) is 10.2 Å². The molecule has 0 heterocycles. The van der Waals surface area contributed by atoms with Crippen molar-refractivity contribution in [2.24, 2.45) is 0 Å². The van der Waals surface area contributed by atoms with Crippen molar-refractivity contribution in [3.05, 3.63) is 35.9 Å². The molecule has 0 saturated carbocycles. The van der Waals surface area contributed by atoms with Crippen LogP contribution in [0, 0.1) is 0 Å². The van der Waals surface area contributed by atoms with Crippen LogP contribution in [-0.4, -0.2) is 50.8 Å². The summed E-state index contributed by atoms with van der Waals surface area (Å²) in [6.07, 6.45) is -0.532. The van der Waals surface area contributed by atoms with Crippen LogP contribution in [0.5, 0.6) is 0 Å². The van der Waals surface area contributed by atoms with Crippen LogP contribution in [0.25, 0.3) is 0 Å². The molecule has 2 amide bonds. The molecule has 1 aromatic carbocycles. The molecular formula is C14H20N2O4. The molecule has 0 unspecified atom stereocenters. The molecule has 0 atom stereocenters. The maximum absolute atomic E-state index is 11.7. The Morgan fingerprint density at radius 2 is 1.95 bits per heavy atom. The Morgan fingerprint density at radius 1 is 1.25 bits per heavy atom. The molecule has 6 nitrogen and oxygen atoms in total. The van der Waals surface area contributed by atoms with Gasteiger partial charge in [0.15, 0.2) is 0 Å². The van der Waals surface area contributed by atoms with Crippen molar-refractivity contribution in [2.75, 3.05) is 33.9 Å². The fraction of sp³-hybridized carbons (Fsp3) is 0.429. The van der Waals surface area contributed by atoms with E-state index in [1.54, 1.807) is 7.11 Å². The predicted molar refractivity (Wildman–Crippen MR) is 74.1 cm³/mol. The van der Waals surface area contributed by atoms with E-state index in [-0.39, 0.29) is 19.1 Å². The largest absolute Gasteiger partial charge is 0.445 e. The van der Waals surface area contributed by atoms with E-state index in [1.807, 2.05) is 30.3 Å². The monoisotopic (exact) mass is 280 g/mol. The first-order chi connectivity index (χ1) is 9.63. The van der Waals surface area contributed by atoms with Crippen molar-refractivity contribution in [2.45, 2.75) is 6.61 Å². The second-order valence-electron chi connectivity index (χ2n) is 4.24. The Balaban J connectivity index is 2.26. The zero-order chi connectivity index (χ0) is 14.8. The Hall–Kier alpha value is -2.08. The van der Waals surface area contributed by atoms with Crippen LogP contribution in [0.3, 0.4) is 0 Å². The van der Waals surface area contributed by atoms with E-state index in [0.717, 1.165) is 5.56 Å². The van der Waals surface area contributed by atoms with Gasteiger partial charge in [-0.05, 0) is 5.56 Å². The van der Waals surface area contributed by atoms with Gasteiger partial charge in [-0.1, -0.05) is 30.3 Å². The number of rotatable bonds is 7. The first kappa shape index (κ1) is 16.0. The highest BCUT2D eigenvalue weighted by molar-refractivity contribution is 5.82. The van der Waals surface area contributed by atoms with Crippen LogP contribution in [0.15, 0.2) is 30.3 Å². The van der Waals surface area contributed by atoms with Gasteiger partial charge in [-0.3, -0.25) is 4.79 Å². The quantitative estimate of drug-likeness (QED) is 0.757. The molecule has 20 heavy (non-hydrogen) atoms. The van der Waals surface area contributed by atoms with Crippen LogP contribution in [0.2, 0.25) is 0 Å². The molecule has 0 spiro atoms. The van der Waals surface area contributed by atoms with Crippen molar-refractivity contribution >= 4 is 12.0 Å². The molecule has 0 bridgehead atoms. The van der Waals surface area contributed by atoms with Crippen LogP contribution in [-0.2, 0) is 20.9 Å². The minimum absolute atomic E-state index is 0.0443. The van der Waals surface area contributed by atoms with Gasteiger partial charge < -0.3 is 19.7 Å². The molecule has 0 aliphatic rings. The first-order valence-electron chi connectivity index (χ1n) is 6.31. The Bertz CT molecular complexity index is 422. The van der Waals surface area contributed by atoms with Gasteiger partial charge in [-0.2, -0.15) is 0 Å². The summed E-state index contributed by atoms with van der Waals surface area (Å²) in [6, 6.07) is 9.36. The highest BCUT2D eigenvalue weighted by Crippen LogP contribution is 2.02. The minimum Gasteiger partial charge on any atom is -0.445 e. The second-order valence-corrected chi connectivity index (χ2v) is 4.24. The van der Waals surface area contributed by atoms with Crippen molar-refractivity contribution in [1.29, 1.82) is 0 Å². The molecule has 0 fully saturated rings. The summed E-state index contributed by atoms with van der Waals surface area (Å²) in [5, 5.41) is 2.63. The number of hydrogen-bond donors (Lipinski definition) is 1. The Morgan fingerprint density at radius 3 is 2.60 bits per heavy atom. The second kappa shape index (κ2) is 8.92. The van der Waals surface area contributed by atoms with Crippen LogP contribution in [0.4, 0.5) is 4.79 Å². The minimum atomic E-state index is -0.532. The van der Waals surface area contributed by atoms with Crippen molar-refractivity contribution in [3.8, 4) is 0 Å². The molecule has 0 aromatic heterocycles. The number of carbonyl (C=O) groups is 2. The Kier molecular flexibility index (Phi) is 7.13. The zero-order valence-electron chi connectivity index (χ0n) is 11.8. The lowest BCUT2D eigenvalue weighted by molar-refractivity contribution is -0.121. The fourth-order valence-electron chi connectivity index (χ4n) is 1.46. The van der Waals surface area contributed by atoms with E-state index < -0.39 is 6.09 Å². The van der Waals surface area contributed by atoms with E-state index in [4.69, 9.17) is 9.47 Å². The highest BCUT2D eigenvalue weighted by Gasteiger charge is 2.13. The number of benzene rings is 1. The summed E-state index contributed by atoms with van der Waals surface area (Å²) in [7, 11) is 3.07. The Labute approximate surface area is 118 Å². The van der Waals surface area contributed by atoms with Gasteiger partial charge in [0, 0.05) is 20.7 Å². The molecule has 0 aliphatic heterocycles. The van der Waals surface area contributed by atoms with Gasteiger partial charge in [0.1, 0.15) is 13.2 Å². The van der Waals surface area contributed by atoms with Crippen molar-refractivity contribution in [3.63, 3.8) is 0 Å². The molecule has 1 rings (SSSR count). The third kappa shape index (κ3) is 6.19. The van der Waals surface area contributed by atoms with E-state index >= 15 is 0 Å². The molecule has 1 N–H and O–H groups in total. The number of nitrogens with one attached hydrogen (secondary N) is 1. The van der Waals surface area contributed by atoms with Gasteiger partial charge in [0.2, 0.25) is 5.91 Å². The summed E-state index contributed by atoms with van der Waals surface area (Å²) in [4.78, 5) is 24.4. The maximum Gasteiger partial charge on any atom is 0.410 e.